The molecule has 110 valence electrons. The molecule has 6 heteroatoms. The minimum atomic E-state index is -0.894. The van der Waals surface area contributed by atoms with E-state index in [9.17, 15) is 13.6 Å². The Labute approximate surface area is 116 Å². The van der Waals surface area contributed by atoms with Crippen LogP contribution in [0.3, 0.4) is 0 Å². The van der Waals surface area contributed by atoms with Crippen molar-refractivity contribution in [3.05, 3.63) is 29.3 Å². The molecule has 2 atom stereocenters. The molecular weight excluding hydrogens is 264 g/mol. The first kappa shape index (κ1) is 14.7. The summed E-state index contributed by atoms with van der Waals surface area (Å²) in [5.74, 6) is -2.02. The number of nitrogen functional groups attached to an aromatic ring is 1. The van der Waals surface area contributed by atoms with Crippen molar-refractivity contribution in [1.82, 2.24) is 10.2 Å². The van der Waals surface area contributed by atoms with E-state index in [2.05, 4.69) is 10.2 Å². The Kier molecular flexibility index (Phi) is 4.23. The quantitative estimate of drug-likeness (QED) is 0.811. The monoisotopic (exact) mass is 283 g/mol. The lowest BCUT2D eigenvalue weighted by Gasteiger charge is -2.35. The van der Waals surface area contributed by atoms with E-state index in [0.29, 0.717) is 6.07 Å². The predicted octanol–water partition coefficient (Wildman–Crippen LogP) is 1.62. The molecule has 0 bridgehead atoms. The van der Waals surface area contributed by atoms with E-state index in [4.69, 9.17) is 5.73 Å². The first-order valence-electron chi connectivity index (χ1n) is 6.62. The topological polar surface area (TPSA) is 58.4 Å². The fraction of sp³-hybridized carbons (Fsp3) is 0.500. The van der Waals surface area contributed by atoms with Crippen molar-refractivity contribution in [1.29, 1.82) is 0 Å². The van der Waals surface area contributed by atoms with E-state index in [-0.39, 0.29) is 23.2 Å². The number of benzene rings is 1. The summed E-state index contributed by atoms with van der Waals surface area (Å²) >= 11 is 0. The van der Waals surface area contributed by atoms with Crippen LogP contribution in [0.2, 0.25) is 0 Å². The molecule has 20 heavy (non-hydrogen) atoms. The van der Waals surface area contributed by atoms with Gasteiger partial charge in [0, 0.05) is 18.7 Å². The average molecular weight is 283 g/mol. The number of hydrogen-bond acceptors (Lipinski definition) is 3. The number of halogens is 2. The van der Waals surface area contributed by atoms with E-state index in [1.807, 2.05) is 14.0 Å². The van der Waals surface area contributed by atoms with Gasteiger partial charge in [0.2, 0.25) is 0 Å². The van der Waals surface area contributed by atoms with Crippen molar-refractivity contribution in [2.75, 3.05) is 25.9 Å². The summed E-state index contributed by atoms with van der Waals surface area (Å²) < 4.78 is 26.7. The van der Waals surface area contributed by atoms with Gasteiger partial charge in [-0.15, -0.1) is 0 Å². The van der Waals surface area contributed by atoms with Gasteiger partial charge in [-0.25, -0.2) is 8.78 Å². The maximum Gasteiger partial charge on any atom is 0.254 e. The summed E-state index contributed by atoms with van der Waals surface area (Å²) in [5.41, 5.74) is 4.94. The molecule has 1 amide bonds. The smallest absolute Gasteiger partial charge is 0.254 e. The number of carbonyl (C=O) groups excluding carboxylic acids is 1. The minimum Gasteiger partial charge on any atom is -0.396 e. The third kappa shape index (κ3) is 3.07. The first-order valence-corrected chi connectivity index (χ1v) is 6.62. The summed E-state index contributed by atoms with van der Waals surface area (Å²) in [6.07, 6.45) is 0.807. The van der Waals surface area contributed by atoms with Gasteiger partial charge in [0.25, 0.3) is 5.91 Å². The van der Waals surface area contributed by atoms with E-state index < -0.39 is 17.5 Å². The molecular formula is C14H19F2N3O. The SMILES string of the molecule is CC1CN(C)CCC1NC(=O)c1cc(N)c(F)cc1F. The largest absolute Gasteiger partial charge is 0.396 e. The standard InChI is InChI=1S/C14H19F2N3O/c1-8-7-19(2)4-3-13(8)18-14(20)9-5-12(17)11(16)6-10(9)15/h5-6,8,13H,3-4,7,17H2,1-2H3,(H,18,20). The van der Waals surface area contributed by atoms with E-state index in [1.165, 1.54) is 0 Å². The molecule has 1 saturated heterocycles. The minimum absolute atomic E-state index is 0.00984. The fourth-order valence-corrected chi connectivity index (χ4v) is 2.55. The van der Waals surface area contributed by atoms with Crippen molar-refractivity contribution in [3.63, 3.8) is 0 Å². The van der Waals surface area contributed by atoms with Gasteiger partial charge >= 0.3 is 0 Å². The molecule has 4 nitrogen and oxygen atoms in total. The van der Waals surface area contributed by atoms with Crippen LogP contribution in [0.15, 0.2) is 12.1 Å². The zero-order chi connectivity index (χ0) is 14.9. The molecule has 2 rings (SSSR count). The van der Waals surface area contributed by atoms with Crippen LogP contribution in [0, 0.1) is 17.6 Å². The molecule has 1 aromatic rings. The lowest BCUT2D eigenvalue weighted by molar-refractivity contribution is 0.0880. The highest BCUT2D eigenvalue weighted by atomic mass is 19.1. The molecule has 1 fully saturated rings. The van der Waals surface area contributed by atoms with Crippen LogP contribution in [0.25, 0.3) is 0 Å². The van der Waals surface area contributed by atoms with Crippen LogP contribution in [-0.2, 0) is 0 Å². The van der Waals surface area contributed by atoms with Crippen LogP contribution < -0.4 is 11.1 Å². The Balaban J connectivity index is 2.11. The third-order valence-electron chi connectivity index (χ3n) is 3.76. The van der Waals surface area contributed by atoms with Crippen molar-refractivity contribution >= 4 is 11.6 Å². The van der Waals surface area contributed by atoms with Crippen LogP contribution in [0.1, 0.15) is 23.7 Å². The number of rotatable bonds is 2. The highest BCUT2D eigenvalue weighted by Crippen LogP contribution is 2.19. The Morgan fingerprint density at radius 3 is 2.75 bits per heavy atom. The predicted molar refractivity (Wildman–Crippen MR) is 73.3 cm³/mol. The lowest BCUT2D eigenvalue weighted by Crippen LogP contribution is -2.49. The van der Waals surface area contributed by atoms with Crippen molar-refractivity contribution in [2.45, 2.75) is 19.4 Å². The number of amides is 1. The summed E-state index contributed by atoms with van der Waals surface area (Å²) in [4.78, 5) is 14.3. The number of anilines is 1. The summed E-state index contributed by atoms with van der Waals surface area (Å²) in [6.45, 7) is 3.79. The molecule has 0 radical (unpaired) electrons. The Morgan fingerprint density at radius 2 is 2.10 bits per heavy atom. The number of nitrogens with zero attached hydrogens (tertiary/aromatic N) is 1. The molecule has 0 aliphatic carbocycles. The number of piperidine rings is 1. The molecule has 1 aliphatic heterocycles. The van der Waals surface area contributed by atoms with Crippen LogP contribution in [0.5, 0.6) is 0 Å². The number of nitrogens with two attached hydrogens (primary N) is 1. The van der Waals surface area contributed by atoms with Gasteiger partial charge in [0.15, 0.2) is 0 Å². The van der Waals surface area contributed by atoms with Gasteiger partial charge in [-0.05, 0) is 32.0 Å². The van der Waals surface area contributed by atoms with Crippen LogP contribution in [0.4, 0.5) is 14.5 Å². The van der Waals surface area contributed by atoms with Crippen LogP contribution >= 0.6 is 0 Å². The molecule has 1 aromatic carbocycles. The van der Waals surface area contributed by atoms with Gasteiger partial charge in [-0.3, -0.25) is 4.79 Å². The van der Waals surface area contributed by atoms with Gasteiger partial charge in [-0.2, -0.15) is 0 Å². The zero-order valence-electron chi connectivity index (χ0n) is 11.6. The number of likely N-dealkylation sites (tertiary alicyclic amines) is 1. The molecule has 1 aliphatic rings. The second-order valence-electron chi connectivity index (χ2n) is 5.46. The molecule has 2 unspecified atom stereocenters. The second kappa shape index (κ2) is 5.75. The third-order valence-corrected chi connectivity index (χ3v) is 3.76. The molecule has 0 saturated carbocycles. The normalized spacial score (nSPS) is 23.6. The maximum atomic E-state index is 13.6. The Hall–Kier alpha value is -1.69. The highest BCUT2D eigenvalue weighted by Gasteiger charge is 2.26. The van der Waals surface area contributed by atoms with Crippen LogP contribution in [-0.4, -0.2) is 37.0 Å². The summed E-state index contributed by atoms with van der Waals surface area (Å²) in [7, 11) is 2.02. The van der Waals surface area contributed by atoms with Crippen molar-refractivity contribution < 1.29 is 13.6 Å². The van der Waals surface area contributed by atoms with Gasteiger partial charge < -0.3 is 16.0 Å². The maximum absolute atomic E-state index is 13.6. The lowest BCUT2D eigenvalue weighted by atomic mass is 9.94. The van der Waals surface area contributed by atoms with Gasteiger partial charge in [-0.1, -0.05) is 6.92 Å². The Bertz CT molecular complexity index is 521. The summed E-state index contributed by atoms with van der Waals surface area (Å²) in [6, 6.07) is 1.67. The summed E-state index contributed by atoms with van der Waals surface area (Å²) in [5, 5.41) is 2.81. The van der Waals surface area contributed by atoms with Crippen molar-refractivity contribution in [2.24, 2.45) is 5.92 Å². The number of carbonyl (C=O) groups is 1. The molecule has 0 aromatic heterocycles. The van der Waals surface area contributed by atoms with E-state index >= 15 is 0 Å². The van der Waals surface area contributed by atoms with E-state index in [0.717, 1.165) is 25.6 Å². The molecule has 1 heterocycles. The second-order valence-corrected chi connectivity index (χ2v) is 5.46. The fourth-order valence-electron chi connectivity index (χ4n) is 2.55. The highest BCUT2D eigenvalue weighted by molar-refractivity contribution is 5.95. The van der Waals surface area contributed by atoms with Gasteiger partial charge in [0.1, 0.15) is 11.6 Å². The number of nitrogens with one attached hydrogen (secondary N) is 1. The zero-order valence-corrected chi connectivity index (χ0v) is 11.6. The molecule has 3 N–H and O–H groups in total. The Morgan fingerprint density at radius 1 is 1.40 bits per heavy atom. The number of hydrogen-bond donors (Lipinski definition) is 2. The average Bonchev–Trinajstić information content (AvgIpc) is 2.37. The first-order chi connectivity index (χ1) is 9.38. The van der Waals surface area contributed by atoms with E-state index in [1.54, 1.807) is 0 Å². The molecule has 0 spiro atoms. The van der Waals surface area contributed by atoms with Crippen molar-refractivity contribution in [3.8, 4) is 0 Å². The van der Waals surface area contributed by atoms with Gasteiger partial charge in [0.05, 0.1) is 11.3 Å².